The number of ether oxygens (including phenoxy) is 1. The van der Waals surface area contributed by atoms with Gasteiger partial charge in [0.05, 0.1) is 0 Å². The van der Waals surface area contributed by atoms with Crippen molar-refractivity contribution in [1.82, 2.24) is 0 Å². The summed E-state index contributed by atoms with van der Waals surface area (Å²) in [4.78, 5) is 0. The number of hydrogen-bond donors (Lipinski definition) is 0. The van der Waals surface area contributed by atoms with E-state index in [1.807, 2.05) is 0 Å². The smallest absolute Gasteiger partial charge is 0.300 e. The zero-order chi connectivity index (χ0) is 9.07. The molecule has 0 fully saturated rings. The van der Waals surface area contributed by atoms with E-state index in [1.54, 1.807) is 0 Å². The van der Waals surface area contributed by atoms with Gasteiger partial charge in [0.1, 0.15) is 12.4 Å². The minimum Gasteiger partial charge on any atom is -0.485 e. The highest BCUT2D eigenvalue weighted by atomic mass is 19.3. The van der Waals surface area contributed by atoms with Gasteiger partial charge in [-0.05, 0) is 0 Å². The fourth-order valence-corrected chi connectivity index (χ4v) is 0.292. The van der Waals surface area contributed by atoms with Gasteiger partial charge < -0.3 is 4.74 Å². The first-order chi connectivity index (χ1) is 4.84. The van der Waals surface area contributed by atoms with Gasteiger partial charge in [0.25, 0.3) is 0 Å². The molecule has 4 heteroatoms. The van der Waals surface area contributed by atoms with E-state index in [9.17, 15) is 13.2 Å². The van der Waals surface area contributed by atoms with Gasteiger partial charge >= 0.3 is 5.92 Å². The molecule has 11 heavy (non-hydrogen) atoms. The van der Waals surface area contributed by atoms with Crippen molar-refractivity contribution in [2.75, 3.05) is 6.61 Å². The Morgan fingerprint density at radius 1 is 1.45 bits per heavy atom. The van der Waals surface area contributed by atoms with Crippen LogP contribution < -0.4 is 0 Å². The second-order valence-corrected chi connectivity index (χ2v) is 2.12. The molecule has 0 aromatic carbocycles. The van der Waals surface area contributed by atoms with Crippen LogP contribution in [0.2, 0.25) is 0 Å². The Hall–Kier alpha value is -0.930. The van der Waals surface area contributed by atoms with Crippen LogP contribution in [0.15, 0.2) is 24.7 Å². The maximum Gasteiger partial charge on any atom is 0.300 e. The molecule has 0 N–H and O–H groups in total. The van der Waals surface area contributed by atoms with Crippen LogP contribution in [0.4, 0.5) is 13.2 Å². The first kappa shape index (κ1) is 10.1. The summed E-state index contributed by atoms with van der Waals surface area (Å²) >= 11 is 0. The van der Waals surface area contributed by atoms with E-state index in [0.29, 0.717) is 6.92 Å². The summed E-state index contributed by atoms with van der Waals surface area (Å²) in [6.07, 6.45) is 0. The molecule has 0 unspecified atom stereocenters. The number of hydrogen-bond acceptors (Lipinski definition) is 1. The van der Waals surface area contributed by atoms with E-state index < -0.39 is 24.1 Å². The molecule has 0 rings (SSSR count). The van der Waals surface area contributed by atoms with E-state index >= 15 is 0 Å². The third-order valence-electron chi connectivity index (χ3n) is 0.893. The van der Waals surface area contributed by atoms with Gasteiger partial charge in [-0.2, -0.15) is 8.78 Å². The molecule has 0 aliphatic rings. The minimum atomic E-state index is -3.13. The number of halogens is 3. The molecule has 0 heterocycles. The van der Waals surface area contributed by atoms with Crippen molar-refractivity contribution in [2.24, 2.45) is 0 Å². The van der Waals surface area contributed by atoms with E-state index in [-0.39, 0.29) is 0 Å². The second kappa shape index (κ2) is 3.46. The van der Waals surface area contributed by atoms with Crippen LogP contribution in [0, 0.1) is 0 Å². The monoisotopic (exact) mass is 166 g/mol. The number of alkyl halides is 2. The lowest BCUT2D eigenvalue weighted by Gasteiger charge is -2.13. The van der Waals surface area contributed by atoms with Crippen LogP contribution in [0.1, 0.15) is 6.92 Å². The van der Waals surface area contributed by atoms with Gasteiger partial charge in [-0.25, -0.2) is 4.39 Å². The Bertz CT molecular complexity index is 169. The third kappa shape index (κ3) is 4.47. The second-order valence-electron chi connectivity index (χ2n) is 2.12. The number of rotatable bonds is 4. The molecule has 0 bridgehead atoms. The summed E-state index contributed by atoms with van der Waals surface area (Å²) in [6.45, 7) is 5.80. The van der Waals surface area contributed by atoms with Crippen molar-refractivity contribution in [2.45, 2.75) is 12.8 Å². The molecular formula is C7H9F3O. The van der Waals surface area contributed by atoms with Gasteiger partial charge in [0.15, 0.2) is 5.76 Å². The van der Waals surface area contributed by atoms with Crippen molar-refractivity contribution in [3.8, 4) is 0 Å². The molecule has 0 aromatic heterocycles. The van der Waals surface area contributed by atoms with Gasteiger partial charge in [0.2, 0.25) is 0 Å². The zero-order valence-corrected chi connectivity index (χ0v) is 6.16. The van der Waals surface area contributed by atoms with Crippen molar-refractivity contribution in [3.63, 3.8) is 0 Å². The van der Waals surface area contributed by atoms with Crippen LogP contribution in [-0.2, 0) is 4.74 Å². The SMILES string of the molecule is C=C(F)COC(=C)C(C)(F)F. The molecular weight excluding hydrogens is 157 g/mol. The highest BCUT2D eigenvalue weighted by Gasteiger charge is 2.27. The molecule has 0 saturated heterocycles. The largest absolute Gasteiger partial charge is 0.485 e. The molecule has 0 radical (unpaired) electrons. The van der Waals surface area contributed by atoms with Crippen LogP contribution >= 0.6 is 0 Å². The van der Waals surface area contributed by atoms with Crippen LogP contribution in [-0.4, -0.2) is 12.5 Å². The summed E-state index contributed by atoms with van der Waals surface area (Å²) < 4.78 is 40.5. The molecule has 0 aromatic rings. The molecule has 64 valence electrons. The Morgan fingerprint density at radius 3 is 2.18 bits per heavy atom. The van der Waals surface area contributed by atoms with Gasteiger partial charge in [-0.3, -0.25) is 0 Å². The summed E-state index contributed by atoms with van der Waals surface area (Å²) in [5.41, 5.74) is 0. The standard InChI is InChI=1S/C7H9F3O/c1-5(8)4-11-6(2)7(3,9)10/h1-2,4H2,3H3. The molecule has 1 nitrogen and oxygen atoms in total. The molecule has 0 atom stereocenters. The van der Waals surface area contributed by atoms with Crippen LogP contribution in [0.5, 0.6) is 0 Å². The first-order valence-electron chi connectivity index (χ1n) is 2.87. The lowest BCUT2D eigenvalue weighted by atomic mass is 10.3. The van der Waals surface area contributed by atoms with E-state index in [1.165, 1.54) is 0 Å². The maximum atomic E-state index is 12.2. The van der Waals surface area contributed by atoms with Crippen molar-refractivity contribution in [1.29, 1.82) is 0 Å². The van der Waals surface area contributed by atoms with Crippen molar-refractivity contribution >= 4 is 0 Å². The first-order valence-corrected chi connectivity index (χ1v) is 2.87. The van der Waals surface area contributed by atoms with Crippen LogP contribution in [0.25, 0.3) is 0 Å². The Balaban J connectivity index is 3.80. The Kier molecular flexibility index (Phi) is 3.17. The molecule has 0 aliphatic heterocycles. The van der Waals surface area contributed by atoms with Gasteiger partial charge in [-0.1, -0.05) is 13.2 Å². The molecule has 0 saturated carbocycles. The molecule has 0 aliphatic carbocycles. The average Bonchev–Trinajstić information content (AvgIpc) is 1.80. The predicted octanol–water partition coefficient (Wildman–Crippen LogP) is 2.66. The normalized spacial score (nSPS) is 10.9. The van der Waals surface area contributed by atoms with Crippen LogP contribution in [0.3, 0.4) is 0 Å². The molecule has 0 spiro atoms. The topological polar surface area (TPSA) is 9.23 Å². The fraction of sp³-hybridized carbons (Fsp3) is 0.429. The predicted molar refractivity (Wildman–Crippen MR) is 36.0 cm³/mol. The highest BCUT2D eigenvalue weighted by molar-refractivity contribution is 4.97. The summed E-state index contributed by atoms with van der Waals surface area (Å²) in [7, 11) is 0. The summed E-state index contributed by atoms with van der Waals surface area (Å²) in [6, 6.07) is 0. The summed E-state index contributed by atoms with van der Waals surface area (Å²) in [5, 5.41) is 0. The van der Waals surface area contributed by atoms with Gasteiger partial charge in [0, 0.05) is 6.92 Å². The summed E-state index contributed by atoms with van der Waals surface area (Å²) in [5.74, 6) is -4.69. The quantitative estimate of drug-likeness (QED) is 0.583. The minimum absolute atomic E-state index is 0.567. The van der Waals surface area contributed by atoms with E-state index in [4.69, 9.17) is 0 Å². The number of allylic oxidation sites excluding steroid dienone is 1. The maximum absolute atomic E-state index is 12.2. The lowest BCUT2D eigenvalue weighted by molar-refractivity contribution is -0.00217. The average molecular weight is 166 g/mol. The molecule has 0 amide bonds. The van der Waals surface area contributed by atoms with E-state index in [0.717, 1.165) is 0 Å². The lowest BCUT2D eigenvalue weighted by Crippen LogP contribution is -2.15. The Morgan fingerprint density at radius 2 is 1.91 bits per heavy atom. The third-order valence-corrected chi connectivity index (χ3v) is 0.893. The highest BCUT2D eigenvalue weighted by Crippen LogP contribution is 2.22. The van der Waals surface area contributed by atoms with Crippen molar-refractivity contribution < 1.29 is 17.9 Å². The van der Waals surface area contributed by atoms with Crippen molar-refractivity contribution in [3.05, 3.63) is 24.7 Å². The zero-order valence-electron chi connectivity index (χ0n) is 6.16. The van der Waals surface area contributed by atoms with Gasteiger partial charge in [-0.15, -0.1) is 0 Å². The fourth-order valence-electron chi connectivity index (χ4n) is 0.292. The van der Waals surface area contributed by atoms with E-state index in [2.05, 4.69) is 17.9 Å². The Labute approximate surface area is 63.2 Å².